The highest BCUT2D eigenvalue weighted by Crippen LogP contribution is 2.29. The molecule has 0 saturated carbocycles. The fraction of sp³-hybridized carbons (Fsp3) is 0.533. The summed E-state index contributed by atoms with van der Waals surface area (Å²) < 4.78 is 77.6. The maximum absolute atomic E-state index is 12.6. The average molecular weight is 397 g/mol. The molecule has 0 unspecified atom stereocenters. The Morgan fingerprint density at radius 2 is 1.44 bits per heavy atom. The summed E-state index contributed by atoms with van der Waals surface area (Å²) in [6.45, 7) is 2.78. The van der Waals surface area contributed by atoms with Crippen LogP contribution in [0.15, 0.2) is 12.1 Å². The van der Waals surface area contributed by atoms with Crippen LogP contribution in [0.5, 0.6) is 0 Å². The molecule has 1 N–H and O–H groups in total. The lowest BCUT2D eigenvalue weighted by molar-refractivity contribution is -0.142. The number of alkyl halides is 6. The molecule has 0 aliphatic carbocycles. The number of nitrogens with zero attached hydrogens (tertiary/aromatic N) is 4. The van der Waals surface area contributed by atoms with Gasteiger partial charge in [0.15, 0.2) is 11.4 Å². The van der Waals surface area contributed by atoms with E-state index < -0.39 is 29.6 Å². The summed E-state index contributed by atoms with van der Waals surface area (Å²) in [6.07, 6.45) is -8.82. The summed E-state index contributed by atoms with van der Waals surface area (Å²) in [4.78, 5) is 11.8. The second kappa shape index (κ2) is 7.61. The molecule has 0 spiro atoms. The van der Waals surface area contributed by atoms with Crippen LogP contribution in [-0.4, -0.2) is 32.0 Å². The molecule has 0 radical (unpaired) electrons. The average Bonchev–Trinajstić information content (AvgIpc) is 3.07. The van der Waals surface area contributed by atoms with Gasteiger partial charge in [0.2, 0.25) is 5.91 Å². The summed E-state index contributed by atoms with van der Waals surface area (Å²) in [7, 11) is 0. The SMILES string of the molecule is Cc1cc(C(F)(F)F)nn1CCCNC(=O)Cn1nc(C(F)(F)F)cc1C. The molecule has 0 aromatic carbocycles. The van der Waals surface area contributed by atoms with Crippen molar-refractivity contribution in [3.8, 4) is 0 Å². The lowest BCUT2D eigenvalue weighted by Crippen LogP contribution is -2.30. The van der Waals surface area contributed by atoms with Crippen molar-refractivity contribution in [2.75, 3.05) is 6.54 Å². The highest BCUT2D eigenvalue weighted by atomic mass is 19.4. The molecule has 2 aromatic heterocycles. The number of aromatic nitrogens is 4. The number of aryl methyl sites for hydroxylation is 3. The highest BCUT2D eigenvalue weighted by molar-refractivity contribution is 5.75. The minimum atomic E-state index is -4.59. The second-order valence-electron chi connectivity index (χ2n) is 5.92. The normalized spacial score (nSPS) is 12.4. The maximum Gasteiger partial charge on any atom is 0.435 e. The second-order valence-corrected chi connectivity index (χ2v) is 5.92. The maximum atomic E-state index is 12.6. The van der Waals surface area contributed by atoms with Crippen molar-refractivity contribution >= 4 is 5.91 Å². The fourth-order valence-corrected chi connectivity index (χ4v) is 2.33. The van der Waals surface area contributed by atoms with Crippen LogP contribution >= 0.6 is 0 Å². The van der Waals surface area contributed by atoms with Gasteiger partial charge in [0.1, 0.15) is 6.54 Å². The number of hydrogen-bond donors (Lipinski definition) is 1. The van der Waals surface area contributed by atoms with Crippen LogP contribution in [0.4, 0.5) is 26.3 Å². The van der Waals surface area contributed by atoms with E-state index in [4.69, 9.17) is 0 Å². The lowest BCUT2D eigenvalue weighted by atomic mass is 10.3. The Hall–Kier alpha value is -2.53. The van der Waals surface area contributed by atoms with E-state index in [1.807, 2.05) is 0 Å². The van der Waals surface area contributed by atoms with Gasteiger partial charge in [-0.25, -0.2) is 0 Å². The first-order valence-electron chi connectivity index (χ1n) is 7.88. The molecule has 150 valence electrons. The quantitative estimate of drug-likeness (QED) is 0.602. The number of nitrogens with one attached hydrogen (secondary N) is 1. The molecule has 0 saturated heterocycles. The summed E-state index contributed by atoms with van der Waals surface area (Å²) in [5, 5.41) is 9.29. The van der Waals surface area contributed by atoms with E-state index in [2.05, 4.69) is 15.5 Å². The molecule has 2 rings (SSSR count). The Kier molecular flexibility index (Phi) is 5.85. The van der Waals surface area contributed by atoms with Gasteiger partial charge in [0.25, 0.3) is 0 Å². The molecule has 1 amide bonds. The zero-order chi connectivity index (χ0) is 20.4. The summed E-state index contributed by atoms with van der Waals surface area (Å²) in [6, 6.07) is 1.77. The van der Waals surface area contributed by atoms with Gasteiger partial charge in [-0.1, -0.05) is 0 Å². The van der Waals surface area contributed by atoms with Gasteiger partial charge in [-0.2, -0.15) is 36.5 Å². The summed E-state index contributed by atoms with van der Waals surface area (Å²) >= 11 is 0. The van der Waals surface area contributed by atoms with Gasteiger partial charge in [-0.3, -0.25) is 14.2 Å². The standard InChI is InChI=1S/C15H17F6N5O/c1-9-6-11(14(16,17)18)23-25(9)5-3-4-22-13(27)8-26-10(2)7-12(24-26)15(19,20)21/h6-7H,3-5,8H2,1-2H3,(H,22,27). The van der Waals surface area contributed by atoms with E-state index in [1.165, 1.54) is 18.5 Å². The Bertz CT molecular complexity index is 805. The van der Waals surface area contributed by atoms with E-state index in [9.17, 15) is 31.1 Å². The molecule has 2 heterocycles. The molecule has 12 heteroatoms. The molecule has 0 aliphatic rings. The smallest absolute Gasteiger partial charge is 0.354 e. The van der Waals surface area contributed by atoms with Crippen LogP contribution in [0.1, 0.15) is 29.2 Å². The van der Waals surface area contributed by atoms with Crippen LogP contribution in [0.3, 0.4) is 0 Å². The van der Waals surface area contributed by atoms with Crippen molar-refractivity contribution in [2.45, 2.75) is 45.7 Å². The van der Waals surface area contributed by atoms with Crippen LogP contribution in [0.2, 0.25) is 0 Å². The molecule has 0 fully saturated rings. The van der Waals surface area contributed by atoms with Crippen LogP contribution in [-0.2, 0) is 30.2 Å². The minimum absolute atomic E-state index is 0.131. The first-order chi connectivity index (χ1) is 12.4. The largest absolute Gasteiger partial charge is 0.435 e. The van der Waals surface area contributed by atoms with Gasteiger partial charge in [0.05, 0.1) is 0 Å². The van der Waals surface area contributed by atoms with Gasteiger partial charge < -0.3 is 5.32 Å². The molecule has 0 atom stereocenters. The number of rotatable bonds is 6. The van der Waals surface area contributed by atoms with E-state index in [0.29, 0.717) is 12.1 Å². The first kappa shape index (κ1) is 20.8. The number of hydrogen-bond acceptors (Lipinski definition) is 3. The molecular weight excluding hydrogens is 380 g/mol. The van der Waals surface area contributed by atoms with E-state index in [-0.39, 0.29) is 25.3 Å². The molecular formula is C15H17F6N5O. The Balaban J connectivity index is 1.82. The molecule has 2 aromatic rings. The third-order valence-electron chi connectivity index (χ3n) is 3.71. The molecule has 27 heavy (non-hydrogen) atoms. The van der Waals surface area contributed by atoms with Crippen molar-refractivity contribution in [3.05, 3.63) is 34.9 Å². The number of carbonyl (C=O) groups excluding carboxylic acids is 1. The van der Waals surface area contributed by atoms with Crippen molar-refractivity contribution < 1.29 is 31.1 Å². The molecule has 0 aliphatic heterocycles. The fourth-order valence-electron chi connectivity index (χ4n) is 2.33. The monoisotopic (exact) mass is 397 g/mol. The Morgan fingerprint density at radius 1 is 0.963 bits per heavy atom. The summed E-state index contributed by atoms with van der Waals surface area (Å²) in [5.41, 5.74) is -1.55. The van der Waals surface area contributed by atoms with Crippen LogP contribution in [0.25, 0.3) is 0 Å². The van der Waals surface area contributed by atoms with Crippen molar-refractivity contribution in [2.24, 2.45) is 0 Å². The minimum Gasteiger partial charge on any atom is -0.354 e. The van der Waals surface area contributed by atoms with E-state index in [1.54, 1.807) is 0 Å². The molecule has 6 nitrogen and oxygen atoms in total. The predicted molar refractivity (Wildman–Crippen MR) is 81.6 cm³/mol. The van der Waals surface area contributed by atoms with Crippen LogP contribution < -0.4 is 5.32 Å². The van der Waals surface area contributed by atoms with E-state index in [0.717, 1.165) is 16.8 Å². The van der Waals surface area contributed by atoms with Crippen molar-refractivity contribution in [3.63, 3.8) is 0 Å². The third kappa shape index (κ3) is 5.47. The first-order valence-corrected chi connectivity index (χ1v) is 7.88. The Morgan fingerprint density at radius 3 is 1.93 bits per heavy atom. The number of halogens is 6. The number of carbonyl (C=O) groups is 1. The van der Waals surface area contributed by atoms with Crippen molar-refractivity contribution in [1.82, 2.24) is 24.9 Å². The summed E-state index contributed by atoms with van der Waals surface area (Å²) in [5.74, 6) is -0.553. The molecule has 0 bridgehead atoms. The van der Waals surface area contributed by atoms with Crippen LogP contribution in [0, 0.1) is 13.8 Å². The van der Waals surface area contributed by atoms with Gasteiger partial charge >= 0.3 is 12.4 Å². The van der Waals surface area contributed by atoms with Crippen molar-refractivity contribution in [1.29, 1.82) is 0 Å². The van der Waals surface area contributed by atoms with Gasteiger partial charge in [0, 0.05) is 24.5 Å². The zero-order valence-electron chi connectivity index (χ0n) is 14.4. The highest BCUT2D eigenvalue weighted by Gasteiger charge is 2.35. The Labute approximate surface area is 150 Å². The lowest BCUT2D eigenvalue weighted by Gasteiger charge is -2.08. The van der Waals surface area contributed by atoms with E-state index >= 15 is 0 Å². The van der Waals surface area contributed by atoms with Gasteiger partial charge in [-0.15, -0.1) is 0 Å². The zero-order valence-corrected chi connectivity index (χ0v) is 14.4. The number of amides is 1. The topological polar surface area (TPSA) is 64.7 Å². The van der Waals surface area contributed by atoms with Gasteiger partial charge in [-0.05, 0) is 32.4 Å². The third-order valence-corrected chi connectivity index (χ3v) is 3.71. The predicted octanol–water partition coefficient (Wildman–Crippen LogP) is 2.94.